The largest absolute Gasteiger partial charge is 0.490 e. The lowest BCUT2D eigenvalue weighted by atomic mass is 10.1. The predicted octanol–water partition coefficient (Wildman–Crippen LogP) is 3.78. The molecule has 1 saturated heterocycles. The summed E-state index contributed by atoms with van der Waals surface area (Å²) >= 11 is 0. The van der Waals surface area contributed by atoms with Gasteiger partial charge in [0.15, 0.2) is 0 Å². The Morgan fingerprint density at radius 2 is 1.80 bits per heavy atom. The summed E-state index contributed by atoms with van der Waals surface area (Å²) in [5.74, 6) is -2.22. The van der Waals surface area contributed by atoms with Crippen molar-refractivity contribution < 1.29 is 32.4 Å². The Labute approximate surface area is 172 Å². The molecule has 1 aromatic carbocycles. The number of aromatic nitrogens is 1. The molecule has 1 aromatic heterocycles. The summed E-state index contributed by atoms with van der Waals surface area (Å²) in [5.41, 5.74) is 2.03. The number of nitrogens with zero attached hydrogens (tertiary/aromatic N) is 3. The first kappa shape index (κ1) is 23.2. The number of amides is 1. The van der Waals surface area contributed by atoms with Crippen molar-refractivity contribution in [3.63, 3.8) is 0 Å². The van der Waals surface area contributed by atoms with Crippen LogP contribution in [-0.2, 0) is 4.79 Å². The highest BCUT2D eigenvalue weighted by Gasteiger charge is 2.38. The summed E-state index contributed by atoms with van der Waals surface area (Å²) in [5, 5.41) is 11.1. The van der Waals surface area contributed by atoms with Gasteiger partial charge in [0.2, 0.25) is 5.76 Å². The highest BCUT2D eigenvalue weighted by molar-refractivity contribution is 5.92. The fourth-order valence-corrected chi connectivity index (χ4v) is 2.94. The third kappa shape index (κ3) is 5.98. The van der Waals surface area contributed by atoms with Crippen molar-refractivity contribution in [2.75, 3.05) is 24.5 Å². The molecule has 2 aromatic rings. The predicted molar refractivity (Wildman–Crippen MR) is 103 cm³/mol. The quantitative estimate of drug-likeness (QED) is 0.802. The number of hydrogen-bond donors (Lipinski definition) is 1. The maximum atomic E-state index is 12.7. The smallest absolute Gasteiger partial charge is 0.475 e. The molecule has 3 rings (SSSR count). The van der Waals surface area contributed by atoms with E-state index in [9.17, 15) is 18.0 Å². The SMILES string of the molecule is CC(C)c1cc(C(=O)N2CCN(c3ccccc3)CC2C)on1.O=C(O)C(F)(F)F. The zero-order valence-corrected chi connectivity index (χ0v) is 16.9. The van der Waals surface area contributed by atoms with Gasteiger partial charge in [0.1, 0.15) is 0 Å². The van der Waals surface area contributed by atoms with E-state index >= 15 is 0 Å². The maximum absolute atomic E-state index is 12.7. The van der Waals surface area contributed by atoms with Gasteiger partial charge in [0.25, 0.3) is 5.91 Å². The van der Waals surface area contributed by atoms with E-state index in [2.05, 4.69) is 29.1 Å². The lowest BCUT2D eigenvalue weighted by Gasteiger charge is -2.40. The zero-order chi connectivity index (χ0) is 22.5. The van der Waals surface area contributed by atoms with E-state index in [1.807, 2.05) is 36.9 Å². The van der Waals surface area contributed by atoms with E-state index in [0.717, 1.165) is 18.8 Å². The van der Waals surface area contributed by atoms with Crippen molar-refractivity contribution in [3.05, 3.63) is 47.9 Å². The Hall–Kier alpha value is -3.04. The number of benzene rings is 1. The number of halogens is 3. The zero-order valence-electron chi connectivity index (χ0n) is 16.9. The first-order valence-electron chi connectivity index (χ1n) is 9.38. The van der Waals surface area contributed by atoms with Gasteiger partial charge in [0, 0.05) is 37.4 Å². The number of anilines is 1. The van der Waals surface area contributed by atoms with Crippen LogP contribution in [0.2, 0.25) is 0 Å². The van der Waals surface area contributed by atoms with Crippen molar-refractivity contribution in [3.8, 4) is 0 Å². The van der Waals surface area contributed by atoms with Gasteiger partial charge >= 0.3 is 12.1 Å². The monoisotopic (exact) mass is 427 g/mol. The Bertz CT molecular complexity index is 852. The minimum Gasteiger partial charge on any atom is -0.475 e. The number of carbonyl (C=O) groups is 2. The molecule has 164 valence electrons. The van der Waals surface area contributed by atoms with Crippen molar-refractivity contribution in [2.45, 2.75) is 38.9 Å². The van der Waals surface area contributed by atoms with Gasteiger partial charge in [-0.05, 0) is 25.0 Å². The molecule has 0 spiro atoms. The van der Waals surface area contributed by atoms with E-state index < -0.39 is 12.1 Å². The Morgan fingerprint density at radius 1 is 1.20 bits per heavy atom. The minimum absolute atomic E-state index is 0.0652. The fraction of sp³-hybridized carbons (Fsp3) is 0.450. The van der Waals surface area contributed by atoms with Crippen LogP contribution < -0.4 is 4.90 Å². The highest BCUT2D eigenvalue weighted by Crippen LogP contribution is 2.21. The lowest BCUT2D eigenvalue weighted by molar-refractivity contribution is -0.192. The number of carboxylic acid groups (broad SMARTS) is 1. The van der Waals surface area contributed by atoms with Crippen molar-refractivity contribution in [2.24, 2.45) is 0 Å². The topological polar surface area (TPSA) is 86.9 Å². The second-order valence-corrected chi connectivity index (χ2v) is 7.20. The number of piperazine rings is 1. The second-order valence-electron chi connectivity index (χ2n) is 7.20. The number of carboxylic acids is 1. The Balaban J connectivity index is 0.000000396. The molecule has 0 bridgehead atoms. The maximum Gasteiger partial charge on any atom is 0.490 e. The molecule has 1 aliphatic rings. The van der Waals surface area contributed by atoms with Gasteiger partial charge in [-0.3, -0.25) is 4.79 Å². The molecule has 1 N–H and O–H groups in total. The molecule has 1 amide bonds. The van der Waals surface area contributed by atoms with Crippen molar-refractivity contribution >= 4 is 17.6 Å². The van der Waals surface area contributed by atoms with Crippen LogP contribution in [0.1, 0.15) is 42.9 Å². The van der Waals surface area contributed by atoms with Crippen molar-refractivity contribution in [1.82, 2.24) is 10.1 Å². The summed E-state index contributed by atoms with van der Waals surface area (Å²) < 4.78 is 37.0. The standard InChI is InChI=1S/C18H23N3O2.C2HF3O2/c1-13(2)16-11-17(23-19-16)18(22)21-10-9-20(12-14(21)3)15-7-5-4-6-8-15;3-2(4,5)1(6)7/h4-8,11,13-14H,9-10,12H2,1-3H3;(H,6,7). The van der Waals surface area contributed by atoms with Crippen LogP contribution in [-0.4, -0.2) is 58.9 Å². The van der Waals surface area contributed by atoms with E-state index in [1.54, 1.807) is 6.07 Å². The fourth-order valence-electron chi connectivity index (χ4n) is 2.94. The Kier molecular flexibility index (Phi) is 7.47. The van der Waals surface area contributed by atoms with Crippen LogP contribution in [0.4, 0.5) is 18.9 Å². The van der Waals surface area contributed by atoms with E-state index in [0.29, 0.717) is 12.3 Å². The van der Waals surface area contributed by atoms with E-state index in [1.165, 1.54) is 5.69 Å². The van der Waals surface area contributed by atoms with Gasteiger partial charge in [0.05, 0.1) is 5.69 Å². The molecule has 30 heavy (non-hydrogen) atoms. The molecule has 1 atom stereocenters. The molecular formula is C20H24F3N3O4. The number of hydrogen-bond acceptors (Lipinski definition) is 5. The molecular weight excluding hydrogens is 403 g/mol. The van der Waals surface area contributed by atoms with E-state index in [4.69, 9.17) is 14.4 Å². The molecule has 0 radical (unpaired) electrons. The minimum atomic E-state index is -5.08. The molecule has 2 heterocycles. The molecule has 7 nitrogen and oxygen atoms in total. The van der Waals surface area contributed by atoms with Crippen molar-refractivity contribution in [1.29, 1.82) is 0 Å². The summed E-state index contributed by atoms with van der Waals surface area (Å²) in [7, 11) is 0. The van der Waals surface area contributed by atoms with Gasteiger partial charge in [-0.25, -0.2) is 4.79 Å². The van der Waals surface area contributed by atoms with Crippen LogP contribution in [0, 0.1) is 0 Å². The molecule has 10 heteroatoms. The molecule has 1 fully saturated rings. The number of carbonyl (C=O) groups excluding carboxylic acids is 1. The Morgan fingerprint density at radius 3 is 2.27 bits per heavy atom. The van der Waals surface area contributed by atoms with Crippen LogP contribution >= 0.6 is 0 Å². The molecule has 0 aliphatic carbocycles. The van der Waals surface area contributed by atoms with Crippen LogP contribution in [0.15, 0.2) is 40.9 Å². The van der Waals surface area contributed by atoms with Gasteiger partial charge in [-0.2, -0.15) is 13.2 Å². The highest BCUT2D eigenvalue weighted by atomic mass is 19.4. The van der Waals surface area contributed by atoms with Crippen LogP contribution in [0.25, 0.3) is 0 Å². The summed E-state index contributed by atoms with van der Waals surface area (Å²) in [6.07, 6.45) is -5.08. The normalized spacial score (nSPS) is 16.8. The van der Waals surface area contributed by atoms with Gasteiger partial charge in [-0.1, -0.05) is 37.2 Å². The van der Waals surface area contributed by atoms with Gasteiger partial charge < -0.3 is 19.4 Å². The summed E-state index contributed by atoms with van der Waals surface area (Å²) in [6.45, 7) is 8.48. The molecule has 0 saturated carbocycles. The summed E-state index contributed by atoms with van der Waals surface area (Å²) in [6, 6.07) is 12.2. The number of alkyl halides is 3. The average molecular weight is 427 g/mol. The first-order valence-corrected chi connectivity index (χ1v) is 9.38. The van der Waals surface area contributed by atoms with E-state index in [-0.39, 0.29) is 17.9 Å². The number of aliphatic carboxylic acids is 1. The number of rotatable bonds is 3. The second kappa shape index (κ2) is 9.64. The first-order chi connectivity index (χ1) is 14.0. The third-order valence-corrected chi connectivity index (χ3v) is 4.58. The van der Waals surface area contributed by atoms with Crippen LogP contribution in [0.5, 0.6) is 0 Å². The third-order valence-electron chi connectivity index (χ3n) is 4.58. The number of para-hydroxylation sites is 1. The average Bonchev–Trinajstić information content (AvgIpc) is 3.18. The molecule has 1 unspecified atom stereocenters. The summed E-state index contributed by atoms with van der Waals surface area (Å²) in [4.78, 5) is 25.8. The van der Waals surface area contributed by atoms with Crippen LogP contribution in [0.3, 0.4) is 0 Å². The lowest BCUT2D eigenvalue weighted by Crippen LogP contribution is -2.54. The molecule has 1 aliphatic heterocycles. The van der Waals surface area contributed by atoms with Gasteiger partial charge in [-0.15, -0.1) is 0 Å².